The minimum atomic E-state index is -4.42. The molecule has 3 amide bonds. The van der Waals surface area contributed by atoms with Gasteiger partial charge in [-0.15, -0.1) is 0 Å². The molecule has 0 bridgehead atoms. The summed E-state index contributed by atoms with van der Waals surface area (Å²) in [5.74, 6) is -0.483. The summed E-state index contributed by atoms with van der Waals surface area (Å²) in [5, 5.41) is 2.90. The van der Waals surface area contributed by atoms with Crippen LogP contribution in [0.2, 0.25) is 0 Å². The predicted octanol–water partition coefficient (Wildman–Crippen LogP) is 6.75. The summed E-state index contributed by atoms with van der Waals surface area (Å²) >= 11 is 0. The van der Waals surface area contributed by atoms with Crippen molar-refractivity contribution in [1.29, 1.82) is 0 Å². The van der Waals surface area contributed by atoms with Gasteiger partial charge in [-0.2, -0.15) is 13.2 Å². The number of carbonyl (C=O) groups excluding carboxylic acids is 2. The first kappa shape index (κ1) is 30.7. The largest absolute Gasteiger partial charge is 0.493 e. The van der Waals surface area contributed by atoms with Gasteiger partial charge in [0, 0.05) is 30.3 Å². The van der Waals surface area contributed by atoms with Gasteiger partial charge in [-0.25, -0.2) is 4.79 Å². The number of rotatable bonds is 10. The quantitative estimate of drug-likeness (QED) is 0.233. The van der Waals surface area contributed by atoms with Crippen LogP contribution >= 0.6 is 0 Å². The number of benzene rings is 1. The van der Waals surface area contributed by atoms with Crippen LogP contribution in [0.1, 0.15) is 73.8 Å². The molecule has 1 fully saturated rings. The fourth-order valence-electron chi connectivity index (χ4n) is 6.36. The Morgan fingerprint density at radius 1 is 1.09 bits per heavy atom. The van der Waals surface area contributed by atoms with Crippen LogP contribution in [0.4, 0.5) is 18.0 Å². The van der Waals surface area contributed by atoms with Gasteiger partial charge in [0.05, 0.1) is 12.3 Å². The Labute approximate surface area is 259 Å². The highest BCUT2D eigenvalue weighted by molar-refractivity contribution is 6.07. The molecule has 6 rings (SSSR count). The monoisotopic (exact) mass is 623 g/mol. The van der Waals surface area contributed by atoms with Crippen molar-refractivity contribution in [1.82, 2.24) is 15.2 Å². The Kier molecular flexibility index (Phi) is 8.61. The third-order valence-corrected chi connectivity index (χ3v) is 8.78. The number of pyridine rings is 1. The molecule has 3 heterocycles. The van der Waals surface area contributed by atoms with Crippen LogP contribution in [0.3, 0.4) is 0 Å². The normalized spacial score (nSPS) is 22.3. The Bertz CT molecular complexity index is 1570. The minimum Gasteiger partial charge on any atom is -0.493 e. The van der Waals surface area contributed by atoms with Crippen LogP contribution in [0, 0.1) is 0 Å². The fraction of sp³-hybridized carbons (Fsp3) is 0.441. The molecule has 2 atom stereocenters. The van der Waals surface area contributed by atoms with E-state index in [0.29, 0.717) is 67.3 Å². The number of imide groups is 1. The van der Waals surface area contributed by atoms with Gasteiger partial charge in [0.1, 0.15) is 30.4 Å². The number of nitrogens with one attached hydrogen (secondary N) is 1. The summed E-state index contributed by atoms with van der Waals surface area (Å²) in [5.41, 5.74) is 1.55. The Hall–Kier alpha value is -4.28. The SMILES string of the molecule is CCC1(c2ccc3c(c2)OCCO3)NC(=O)N(CCCCOc2c(CC3=CCCC=C3)cnc3c2C=CCC3C(F)(F)F)C1=O. The van der Waals surface area contributed by atoms with Crippen molar-refractivity contribution in [2.24, 2.45) is 0 Å². The number of urea groups is 1. The number of halogens is 3. The van der Waals surface area contributed by atoms with E-state index in [1.807, 2.05) is 13.0 Å². The van der Waals surface area contributed by atoms with Gasteiger partial charge >= 0.3 is 12.2 Å². The molecule has 11 heteroatoms. The van der Waals surface area contributed by atoms with Crippen LogP contribution in [0.5, 0.6) is 17.2 Å². The maximum absolute atomic E-state index is 13.8. The van der Waals surface area contributed by atoms with Crippen LogP contribution in [0.15, 0.2) is 54.3 Å². The molecule has 4 aliphatic rings. The number of aromatic nitrogens is 1. The highest BCUT2D eigenvalue weighted by Gasteiger charge is 2.51. The van der Waals surface area contributed by atoms with Crippen LogP contribution in [-0.4, -0.2) is 54.4 Å². The van der Waals surface area contributed by atoms with Gasteiger partial charge in [0.15, 0.2) is 11.5 Å². The number of hydrogen-bond donors (Lipinski definition) is 1. The lowest BCUT2D eigenvalue weighted by molar-refractivity contribution is -0.150. The molecule has 45 heavy (non-hydrogen) atoms. The Morgan fingerprint density at radius 2 is 1.91 bits per heavy atom. The zero-order chi connectivity index (χ0) is 31.6. The molecule has 2 aliphatic heterocycles. The molecule has 238 valence electrons. The van der Waals surface area contributed by atoms with E-state index in [1.54, 1.807) is 24.3 Å². The third kappa shape index (κ3) is 6.04. The lowest BCUT2D eigenvalue weighted by Crippen LogP contribution is -2.43. The topological polar surface area (TPSA) is 90.0 Å². The van der Waals surface area contributed by atoms with Gasteiger partial charge in [-0.05, 0) is 61.8 Å². The van der Waals surface area contributed by atoms with Gasteiger partial charge in [-0.1, -0.05) is 43.4 Å². The van der Waals surface area contributed by atoms with Crippen molar-refractivity contribution in [3.8, 4) is 17.2 Å². The first-order valence-electron chi connectivity index (χ1n) is 15.5. The van der Waals surface area contributed by atoms with Crippen molar-refractivity contribution in [3.05, 3.63) is 76.7 Å². The van der Waals surface area contributed by atoms with Crippen LogP contribution in [0.25, 0.3) is 6.08 Å². The summed E-state index contributed by atoms with van der Waals surface area (Å²) in [4.78, 5) is 32.1. The van der Waals surface area contributed by atoms with E-state index >= 15 is 0 Å². The van der Waals surface area contributed by atoms with E-state index in [4.69, 9.17) is 14.2 Å². The minimum absolute atomic E-state index is 0.0219. The highest BCUT2D eigenvalue weighted by atomic mass is 19.4. The number of carbonyl (C=O) groups is 2. The number of allylic oxidation sites excluding steroid dienone is 5. The molecular weight excluding hydrogens is 587 g/mol. The number of alkyl halides is 3. The van der Waals surface area contributed by atoms with E-state index in [0.717, 1.165) is 24.0 Å². The van der Waals surface area contributed by atoms with E-state index in [1.165, 1.54) is 17.2 Å². The molecule has 1 saturated heterocycles. The molecular formula is C34H36F3N3O5. The Balaban J connectivity index is 1.14. The van der Waals surface area contributed by atoms with E-state index in [-0.39, 0.29) is 31.2 Å². The lowest BCUT2D eigenvalue weighted by atomic mass is 9.87. The fourth-order valence-corrected chi connectivity index (χ4v) is 6.36. The first-order chi connectivity index (χ1) is 21.7. The third-order valence-electron chi connectivity index (χ3n) is 8.78. The number of amides is 3. The van der Waals surface area contributed by atoms with E-state index in [9.17, 15) is 22.8 Å². The maximum atomic E-state index is 13.8. The van der Waals surface area contributed by atoms with Crippen molar-refractivity contribution >= 4 is 18.0 Å². The maximum Gasteiger partial charge on any atom is 0.397 e. The zero-order valence-electron chi connectivity index (χ0n) is 25.1. The average Bonchev–Trinajstić information content (AvgIpc) is 3.30. The summed E-state index contributed by atoms with van der Waals surface area (Å²) < 4.78 is 59.0. The molecule has 2 aliphatic carbocycles. The number of nitrogens with zero attached hydrogens (tertiary/aromatic N) is 2. The highest BCUT2D eigenvalue weighted by Crippen LogP contribution is 2.45. The number of hydrogen-bond acceptors (Lipinski definition) is 6. The number of ether oxygens (including phenoxy) is 3. The van der Waals surface area contributed by atoms with Gasteiger partial charge in [0.25, 0.3) is 5.91 Å². The Morgan fingerprint density at radius 3 is 2.67 bits per heavy atom. The zero-order valence-corrected chi connectivity index (χ0v) is 25.1. The molecule has 2 aromatic rings. The van der Waals surface area contributed by atoms with Crippen molar-refractivity contribution in [2.75, 3.05) is 26.4 Å². The summed E-state index contributed by atoms with van der Waals surface area (Å²) in [6.07, 6.45) is 10.0. The van der Waals surface area contributed by atoms with Crippen LogP contribution < -0.4 is 19.5 Å². The van der Waals surface area contributed by atoms with E-state index in [2.05, 4.69) is 22.5 Å². The molecule has 2 unspecified atom stereocenters. The summed E-state index contributed by atoms with van der Waals surface area (Å²) in [6.45, 7) is 3.07. The van der Waals surface area contributed by atoms with Gasteiger partial charge in [0.2, 0.25) is 0 Å². The molecule has 0 spiro atoms. The number of fused-ring (bicyclic) bond motifs is 2. The summed E-state index contributed by atoms with van der Waals surface area (Å²) in [6, 6.07) is 4.80. The standard InChI is InChI=1S/C34H36F3N3O5/c1-2-33(24-13-14-27-28(20-24)44-18-17-43-27)31(41)40(32(42)39-33)15-6-7-16-45-30-23(19-22-9-4-3-5-10-22)21-38-29-25(30)11-8-12-26(29)34(35,36)37/h4,8-11,13-14,20-21,26H,2-3,5-7,12,15-19H2,1H3,(H,39,42). The molecule has 1 aromatic carbocycles. The van der Waals surface area contributed by atoms with Crippen LogP contribution in [-0.2, 0) is 16.8 Å². The van der Waals surface area contributed by atoms with Crippen molar-refractivity contribution in [3.63, 3.8) is 0 Å². The van der Waals surface area contributed by atoms with Crippen molar-refractivity contribution in [2.45, 2.75) is 69.5 Å². The molecule has 0 saturated carbocycles. The average molecular weight is 624 g/mol. The smallest absolute Gasteiger partial charge is 0.397 e. The van der Waals surface area contributed by atoms with Crippen molar-refractivity contribution < 1.29 is 37.0 Å². The first-order valence-corrected chi connectivity index (χ1v) is 15.5. The predicted molar refractivity (Wildman–Crippen MR) is 161 cm³/mol. The second-order valence-electron chi connectivity index (χ2n) is 11.6. The second-order valence-corrected chi connectivity index (χ2v) is 11.6. The van der Waals surface area contributed by atoms with Gasteiger partial charge in [-0.3, -0.25) is 14.7 Å². The molecule has 1 N–H and O–H groups in total. The number of unbranched alkanes of at least 4 members (excludes halogenated alkanes) is 1. The molecule has 1 aromatic heterocycles. The second kappa shape index (κ2) is 12.6. The van der Waals surface area contributed by atoms with E-state index < -0.39 is 23.7 Å². The molecule has 8 nitrogen and oxygen atoms in total. The molecule has 0 radical (unpaired) electrons. The lowest BCUT2D eigenvalue weighted by Gasteiger charge is -2.28. The van der Waals surface area contributed by atoms with Gasteiger partial charge < -0.3 is 19.5 Å². The summed E-state index contributed by atoms with van der Waals surface area (Å²) in [7, 11) is 0.